The molecule has 156 valence electrons. The van der Waals surface area contributed by atoms with Gasteiger partial charge in [-0.1, -0.05) is 6.07 Å². The number of nitrogens with zero attached hydrogens (tertiary/aromatic N) is 2. The summed E-state index contributed by atoms with van der Waals surface area (Å²) in [6.45, 7) is 0.495. The number of ether oxygens (including phenoxy) is 1. The highest BCUT2D eigenvalue weighted by Crippen LogP contribution is 2.40. The zero-order valence-corrected chi connectivity index (χ0v) is 16.4. The highest BCUT2D eigenvalue weighted by Gasteiger charge is 2.28. The number of aromatic nitrogens is 3. The number of H-pyrrole nitrogens is 1. The first-order chi connectivity index (χ1) is 15.1. The highest BCUT2D eigenvalue weighted by atomic mass is 19.1. The topological polar surface area (TPSA) is 91.9 Å². The average molecular weight is 421 g/mol. The Bertz CT molecular complexity index is 1340. The van der Waals surface area contributed by atoms with E-state index in [1.54, 1.807) is 24.4 Å². The summed E-state index contributed by atoms with van der Waals surface area (Å²) in [6.07, 6.45) is 3.26. The van der Waals surface area contributed by atoms with Gasteiger partial charge in [0.25, 0.3) is 5.91 Å². The van der Waals surface area contributed by atoms with Crippen molar-refractivity contribution in [3.63, 3.8) is 0 Å². The quantitative estimate of drug-likeness (QED) is 0.464. The van der Waals surface area contributed by atoms with Gasteiger partial charge in [-0.25, -0.2) is 8.78 Å². The van der Waals surface area contributed by atoms with Crippen LogP contribution in [-0.4, -0.2) is 34.5 Å². The molecule has 9 heteroatoms. The smallest absolute Gasteiger partial charge is 0.255 e. The molecule has 4 heterocycles. The third-order valence-corrected chi connectivity index (χ3v) is 5.21. The minimum absolute atomic E-state index is 0.0272. The molecule has 0 radical (unpaired) electrons. The number of halogens is 2. The molecule has 0 fully saturated rings. The average Bonchev–Trinajstić information content (AvgIpc) is 3.12. The second-order valence-corrected chi connectivity index (χ2v) is 7.06. The first kappa shape index (κ1) is 19.0. The van der Waals surface area contributed by atoms with E-state index in [2.05, 4.69) is 25.6 Å². The summed E-state index contributed by atoms with van der Waals surface area (Å²) in [4.78, 5) is 24.4. The number of hydrogen-bond donors (Lipinski definition) is 3. The number of para-hydroxylation sites is 1. The van der Waals surface area contributed by atoms with Gasteiger partial charge in [-0.2, -0.15) is 0 Å². The van der Waals surface area contributed by atoms with E-state index in [-0.39, 0.29) is 11.7 Å². The lowest BCUT2D eigenvalue weighted by Crippen LogP contribution is -2.31. The van der Waals surface area contributed by atoms with Gasteiger partial charge in [0.15, 0.2) is 11.6 Å². The fourth-order valence-electron chi connectivity index (χ4n) is 3.86. The molecule has 0 unspecified atom stereocenters. The number of pyridine rings is 2. The summed E-state index contributed by atoms with van der Waals surface area (Å²) >= 11 is 0. The van der Waals surface area contributed by atoms with Crippen LogP contribution < -0.4 is 15.4 Å². The van der Waals surface area contributed by atoms with Gasteiger partial charge in [-0.3, -0.25) is 14.8 Å². The van der Waals surface area contributed by atoms with Crippen molar-refractivity contribution >= 4 is 28.3 Å². The number of hydrogen-bond acceptors (Lipinski definition) is 5. The van der Waals surface area contributed by atoms with Crippen LogP contribution in [0.3, 0.4) is 0 Å². The molecule has 1 aromatic carbocycles. The normalized spacial score (nSPS) is 13.1. The van der Waals surface area contributed by atoms with Crippen LogP contribution >= 0.6 is 0 Å². The number of fused-ring (bicyclic) bond motifs is 2. The Balaban J connectivity index is 1.75. The lowest BCUT2D eigenvalue weighted by atomic mass is 10.0. The molecular formula is C22H17F2N5O2. The zero-order chi connectivity index (χ0) is 21.5. The molecule has 4 aromatic rings. The summed E-state index contributed by atoms with van der Waals surface area (Å²) < 4.78 is 33.1. The van der Waals surface area contributed by atoms with Gasteiger partial charge >= 0.3 is 0 Å². The van der Waals surface area contributed by atoms with Crippen molar-refractivity contribution in [3.05, 3.63) is 65.6 Å². The molecular weight excluding hydrogens is 404 g/mol. The van der Waals surface area contributed by atoms with Gasteiger partial charge in [0.1, 0.15) is 5.82 Å². The molecule has 0 atom stereocenters. The number of benzene rings is 1. The minimum Gasteiger partial charge on any atom is -0.492 e. The number of nitrogens with one attached hydrogen (secondary N) is 3. The fourth-order valence-corrected chi connectivity index (χ4v) is 3.86. The molecule has 7 nitrogen and oxygen atoms in total. The molecule has 1 aliphatic heterocycles. The summed E-state index contributed by atoms with van der Waals surface area (Å²) in [5.41, 5.74) is 4.03. The van der Waals surface area contributed by atoms with Crippen molar-refractivity contribution in [3.8, 4) is 17.0 Å². The van der Waals surface area contributed by atoms with Gasteiger partial charge in [0.2, 0.25) is 0 Å². The van der Waals surface area contributed by atoms with E-state index in [4.69, 9.17) is 4.74 Å². The Morgan fingerprint density at radius 3 is 2.90 bits per heavy atom. The SMILES string of the molecule is COc1c(F)cccc1Nc1c(-c2ccnc3cc(F)cnc23)[nH]c2c1C(=O)NCC2. The molecule has 3 aromatic heterocycles. The van der Waals surface area contributed by atoms with Crippen molar-refractivity contribution in [2.75, 3.05) is 19.0 Å². The summed E-state index contributed by atoms with van der Waals surface area (Å²) in [5.74, 6) is -1.25. The number of carbonyl (C=O) groups is 1. The van der Waals surface area contributed by atoms with Crippen molar-refractivity contribution in [1.29, 1.82) is 0 Å². The van der Waals surface area contributed by atoms with Gasteiger partial charge in [-0.15, -0.1) is 0 Å². The molecule has 31 heavy (non-hydrogen) atoms. The molecule has 5 rings (SSSR count). The number of methoxy groups -OCH3 is 1. The van der Waals surface area contributed by atoms with E-state index in [0.717, 1.165) is 11.9 Å². The Labute approximate surface area is 175 Å². The molecule has 0 saturated carbocycles. The largest absolute Gasteiger partial charge is 0.492 e. The fraction of sp³-hybridized carbons (Fsp3) is 0.136. The lowest BCUT2D eigenvalue weighted by Gasteiger charge is -2.16. The monoisotopic (exact) mass is 421 g/mol. The van der Waals surface area contributed by atoms with E-state index in [1.807, 2.05) is 0 Å². The molecule has 0 bridgehead atoms. The number of amides is 1. The predicted octanol–water partition coefficient (Wildman–Crippen LogP) is 3.94. The van der Waals surface area contributed by atoms with Crippen molar-refractivity contribution in [2.24, 2.45) is 0 Å². The predicted molar refractivity (Wildman–Crippen MR) is 112 cm³/mol. The molecule has 0 saturated heterocycles. The Kier molecular flexibility index (Phi) is 4.50. The van der Waals surface area contributed by atoms with Crippen LogP contribution in [0.1, 0.15) is 16.1 Å². The zero-order valence-electron chi connectivity index (χ0n) is 16.4. The third kappa shape index (κ3) is 3.14. The molecule has 3 N–H and O–H groups in total. The molecule has 1 amide bonds. The van der Waals surface area contributed by atoms with Gasteiger partial charge in [-0.05, 0) is 18.2 Å². The van der Waals surface area contributed by atoms with Crippen molar-refractivity contribution < 1.29 is 18.3 Å². The Hall–Kier alpha value is -4.01. The van der Waals surface area contributed by atoms with E-state index >= 15 is 0 Å². The van der Waals surface area contributed by atoms with E-state index < -0.39 is 11.6 Å². The second-order valence-electron chi connectivity index (χ2n) is 7.06. The number of aromatic amines is 1. The number of carbonyl (C=O) groups excluding carboxylic acids is 1. The minimum atomic E-state index is -0.533. The maximum Gasteiger partial charge on any atom is 0.255 e. The van der Waals surface area contributed by atoms with Crippen LogP contribution in [0.4, 0.5) is 20.2 Å². The standard InChI is InChI=1S/C22H17F2N5O2/c1-31-21-13(24)3-2-4-15(21)29-20-17-14(6-8-26-22(17)30)28-19(20)12-5-7-25-16-9-11(23)10-27-18(12)16/h2-5,7,9-10,28-29H,6,8H2,1H3,(H,26,30). The maximum atomic E-state index is 14.3. The van der Waals surface area contributed by atoms with Gasteiger partial charge < -0.3 is 20.4 Å². The molecule has 0 aliphatic carbocycles. The number of anilines is 2. The van der Waals surface area contributed by atoms with Crippen LogP contribution in [0.15, 0.2) is 42.7 Å². The summed E-state index contributed by atoms with van der Waals surface area (Å²) in [6, 6.07) is 7.52. The molecule has 0 spiro atoms. The van der Waals surface area contributed by atoms with E-state index in [0.29, 0.717) is 52.2 Å². The Morgan fingerprint density at radius 2 is 2.06 bits per heavy atom. The van der Waals surface area contributed by atoms with Crippen molar-refractivity contribution in [2.45, 2.75) is 6.42 Å². The van der Waals surface area contributed by atoms with Crippen LogP contribution in [0.25, 0.3) is 22.3 Å². The first-order valence-corrected chi connectivity index (χ1v) is 9.60. The molecule has 1 aliphatic rings. The van der Waals surface area contributed by atoms with Crippen LogP contribution in [-0.2, 0) is 6.42 Å². The van der Waals surface area contributed by atoms with E-state index in [1.165, 1.54) is 19.2 Å². The maximum absolute atomic E-state index is 14.3. The number of rotatable bonds is 4. The first-order valence-electron chi connectivity index (χ1n) is 9.60. The Morgan fingerprint density at radius 1 is 1.19 bits per heavy atom. The summed E-state index contributed by atoms with van der Waals surface area (Å²) in [5, 5.41) is 6.00. The van der Waals surface area contributed by atoms with Crippen LogP contribution in [0, 0.1) is 11.6 Å². The third-order valence-electron chi connectivity index (χ3n) is 5.21. The van der Waals surface area contributed by atoms with Crippen LogP contribution in [0.2, 0.25) is 0 Å². The van der Waals surface area contributed by atoms with Gasteiger partial charge in [0.05, 0.1) is 47.0 Å². The summed E-state index contributed by atoms with van der Waals surface area (Å²) in [7, 11) is 1.37. The lowest BCUT2D eigenvalue weighted by molar-refractivity contribution is 0.0947. The second kappa shape index (κ2) is 7.35. The van der Waals surface area contributed by atoms with E-state index in [9.17, 15) is 13.6 Å². The van der Waals surface area contributed by atoms with Gasteiger partial charge in [0, 0.05) is 36.5 Å². The highest BCUT2D eigenvalue weighted by molar-refractivity contribution is 6.08. The van der Waals surface area contributed by atoms with Crippen molar-refractivity contribution in [1.82, 2.24) is 20.3 Å². The van der Waals surface area contributed by atoms with Crippen LogP contribution in [0.5, 0.6) is 5.75 Å².